The van der Waals surface area contributed by atoms with Crippen LogP contribution < -0.4 is 5.73 Å². The Labute approximate surface area is 133 Å². The summed E-state index contributed by atoms with van der Waals surface area (Å²) in [6.07, 6.45) is 1.88. The minimum Gasteiger partial charge on any atom is -0.366 e. The zero-order chi connectivity index (χ0) is 15.8. The van der Waals surface area contributed by atoms with Crippen LogP contribution in [-0.4, -0.2) is 10.9 Å². The molecule has 23 heavy (non-hydrogen) atoms. The second-order valence-corrected chi connectivity index (χ2v) is 5.56. The molecule has 1 aromatic heterocycles. The number of pyridine rings is 1. The summed E-state index contributed by atoms with van der Waals surface area (Å²) < 4.78 is 0. The number of aromatic nitrogens is 1. The quantitative estimate of drug-likeness (QED) is 0.604. The Balaban J connectivity index is 1.87. The lowest BCUT2D eigenvalue weighted by atomic mass is 10.00. The van der Waals surface area contributed by atoms with Crippen LogP contribution in [0, 0.1) is 0 Å². The molecule has 3 nitrogen and oxygen atoms in total. The van der Waals surface area contributed by atoms with E-state index in [0.717, 1.165) is 32.8 Å². The van der Waals surface area contributed by atoms with Crippen molar-refractivity contribution in [2.75, 3.05) is 0 Å². The summed E-state index contributed by atoms with van der Waals surface area (Å²) in [6, 6.07) is 21.8. The van der Waals surface area contributed by atoms with E-state index in [1.165, 1.54) is 0 Å². The molecular weight excluding hydrogens is 284 g/mol. The topological polar surface area (TPSA) is 56.0 Å². The van der Waals surface area contributed by atoms with E-state index in [-0.39, 0.29) is 0 Å². The second kappa shape index (κ2) is 5.21. The maximum absolute atomic E-state index is 11.4. The molecule has 0 spiro atoms. The third-order valence-corrected chi connectivity index (χ3v) is 4.05. The van der Waals surface area contributed by atoms with E-state index < -0.39 is 5.91 Å². The highest BCUT2D eigenvalue weighted by Crippen LogP contribution is 2.26. The van der Waals surface area contributed by atoms with Crippen molar-refractivity contribution in [3.05, 3.63) is 78.5 Å². The summed E-state index contributed by atoms with van der Waals surface area (Å²) in [5.74, 6) is -0.412. The van der Waals surface area contributed by atoms with Gasteiger partial charge in [0.1, 0.15) is 0 Å². The maximum Gasteiger partial charge on any atom is 0.248 e. The van der Waals surface area contributed by atoms with Gasteiger partial charge in [-0.15, -0.1) is 0 Å². The minimum absolute atomic E-state index is 0.412. The van der Waals surface area contributed by atoms with Crippen LogP contribution in [-0.2, 0) is 0 Å². The number of carbonyl (C=O) groups excluding carboxylic acids is 1. The summed E-state index contributed by atoms with van der Waals surface area (Å²) in [5, 5.41) is 3.18. The lowest BCUT2D eigenvalue weighted by Crippen LogP contribution is -2.10. The molecule has 0 saturated carbocycles. The molecule has 1 amide bonds. The first-order chi connectivity index (χ1) is 11.2. The smallest absolute Gasteiger partial charge is 0.248 e. The standard InChI is InChI=1S/C20H14N2O/c21-20(23)16-8-6-13-5-7-14(9-17(13)11-16)18-10-15-3-1-2-4-19(15)22-12-18/h1-12H,(H2,21,23). The van der Waals surface area contributed by atoms with Gasteiger partial charge in [-0.25, -0.2) is 0 Å². The first kappa shape index (κ1) is 13.5. The van der Waals surface area contributed by atoms with E-state index in [9.17, 15) is 4.79 Å². The molecule has 0 saturated heterocycles. The Hall–Kier alpha value is -3.20. The Morgan fingerprint density at radius 1 is 0.783 bits per heavy atom. The molecule has 0 aliphatic carbocycles. The Kier molecular flexibility index (Phi) is 3.05. The maximum atomic E-state index is 11.4. The van der Waals surface area contributed by atoms with Gasteiger partial charge in [-0.1, -0.05) is 36.4 Å². The van der Waals surface area contributed by atoms with Gasteiger partial charge < -0.3 is 5.73 Å². The molecule has 4 rings (SSSR count). The number of amides is 1. The largest absolute Gasteiger partial charge is 0.366 e. The van der Waals surface area contributed by atoms with E-state index >= 15 is 0 Å². The number of rotatable bonds is 2. The van der Waals surface area contributed by atoms with Crippen molar-refractivity contribution in [1.82, 2.24) is 4.98 Å². The number of carbonyl (C=O) groups is 1. The average molecular weight is 298 g/mol. The van der Waals surface area contributed by atoms with Crippen LogP contribution in [0.3, 0.4) is 0 Å². The molecule has 3 heteroatoms. The molecule has 4 aromatic rings. The van der Waals surface area contributed by atoms with E-state index in [2.05, 4.69) is 29.2 Å². The summed E-state index contributed by atoms with van der Waals surface area (Å²) in [6.45, 7) is 0. The molecule has 0 fully saturated rings. The number of nitrogens with zero attached hydrogens (tertiary/aromatic N) is 1. The highest BCUT2D eigenvalue weighted by atomic mass is 16.1. The van der Waals surface area contributed by atoms with Gasteiger partial charge in [0.25, 0.3) is 0 Å². The molecular formula is C20H14N2O. The molecule has 0 unspecified atom stereocenters. The lowest BCUT2D eigenvalue weighted by Gasteiger charge is -2.06. The van der Waals surface area contributed by atoms with Gasteiger partial charge in [0.05, 0.1) is 5.52 Å². The molecule has 0 bridgehead atoms. The van der Waals surface area contributed by atoms with Gasteiger partial charge in [-0.2, -0.15) is 0 Å². The summed E-state index contributed by atoms with van der Waals surface area (Å²) in [4.78, 5) is 15.9. The van der Waals surface area contributed by atoms with E-state index in [0.29, 0.717) is 5.56 Å². The molecule has 110 valence electrons. The fourth-order valence-corrected chi connectivity index (χ4v) is 2.81. The number of benzene rings is 3. The monoisotopic (exact) mass is 298 g/mol. The molecule has 0 aliphatic rings. The normalized spacial score (nSPS) is 11.0. The van der Waals surface area contributed by atoms with Crippen LogP contribution in [0.1, 0.15) is 10.4 Å². The molecule has 0 radical (unpaired) electrons. The summed E-state index contributed by atoms with van der Waals surface area (Å²) in [7, 11) is 0. The predicted octanol–water partition coefficient (Wildman–Crippen LogP) is 4.15. The van der Waals surface area contributed by atoms with Crippen molar-refractivity contribution >= 4 is 27.6 Å². The summed E-state index contributed by atoms with van der Waals surface area (Å²) >= 11 is 0. The zero-order valence-corrected chi connectivity index (χ0v) is 12.4. The second-order valence-electron chi connectivity index (χ2n) is 5.56. The molecule has 0 aliphatic heterocycles. The fourth-order valence-electron chi connectivity index (χ4n) is 2.81. The van der Waals surface area contributed by atoms with Crippen LogP contribution in [0.2, 0.25) is 0 Å². The van der Waals surface area contributed by atoms with Crippen molar-refractivity contribution < 1.29 is 4.79 Å². The van der Waals surface area contributed by atoms with Gasteiger partial charge in [0, 0.05) is 22.7 Å². The predicted molar refractivity (Wildman–Crippen MR) is 93.2 cm³/mol. The Bertz CT molecular complexity index is 1050. The van der Waals surface area contributed by atoms with Crippen LogP contribution in [0.5, 0.6) is 0 Å². The van der Waals surface area contributed by atoms with Crippen molar-refractivity contribution in [1.29, 1.82) is 0 Å². The third-order valence-electron chi connectivity index (χ3n) is 4.05. The number of hydrogen-bond donors (Lipinski definition) is 1. The van der Waals surface area contributed by atoms with Crippen molar-refractivity contribution in [2.24, 2.45) is 5.73 Å². The Morgan fingerprint density at radius 3 is 2.43 bits per heavy atom. The van der Waals surface area contributed by atoms with Gasteiger partial charge in [-0.05, 0) is 46.7 Å². The van der Waals surface area contributed by atoms with Crippen LogP contribution in [0.4, 0.5) is 0 Å². The number of primary amides is 1. The van der Waals surface area contributed by atoms with Crippen LogP contribution in [0.25, 0.3) is 32.8 Å². The summed E-state index contributed by atoms with van der Waals surface area (Å²) in [5.41, 5.74) is 8.98. The van der Waals surface area contributed by atoms with Crippen LogP contribution >= 0.6 is 0 Å². The van der Waals surface area contributed by atoms with Gasteiger partial charge in [0.15, 0.2) is 0 Å². The molecule has 1 heterocycles. The Morgan fingerprint density at radius 2 is 1.57 bits per heavy atom. The highest BCUT2D eigenvalue weighted by Gasteiger charge is 2.05. The SMILES string of the molecule is NC(=O)c1ccc2ccc(-c3cnc4ccccc4c3)cc2c1. The lowest BCUT2D eigenvalue weighted by molar-refractivity contribution is 0.100. The van der Waals surface area contributed by atoms with Gasteiger partial charge in [0.2, 0.25) is 5.91 Å². The van der Waals surface area contributed by atoms with Crippen molar-refractivity contribution in [2.45, 2.75) is 0 Å². The first-order valence-electron chi connectivity index (χ1n) is 7.39. The van der Waals surface area contributed by atoms with E-state index in [1.807, 2.05) is 42.6 Å². The van der Waals surface area contributed by atoms with E-state index in [1.54, 1.807) is 6.07 Å². The zero-order valence-electron chi connectivity index (χ0n) is 12.4. The van der Waals surface area contributed by atoms with Crippen molar-refractivity contribution in [3.63, 3.8) is 0 Å². The fraction of sp³-hybridized carbons (Fsp3) is 0. The van der Waals surface area contributed by atoms with Crippen molar-refractivity contribution in [3.8, 4) is 11.1 Å². The molecule has 0 atom stereocenters. The van der Waals surface area contributed by atoms with Crippen LogP contribution in [0.15, 0.2) is 72.9 Å². The average Bonchev–Trinajstić information content (AvgIpc) is 2.60. The first-order valence-corrected chi connectivity index (χ1v) is 7.39. The molecule has 2 N–H and O–H groups in total. The van der Waals surface area contributed by atoms with Gasteiger partial charge in [-0.3, -0.25) is 9.78 Å². The number of nitrogens with two attached hydrogens (primary N) is 1. The third kappa shape index (κ3) is 2.42. The van der Waals surface area contributed by atoms with E-state index in [4.69, 9.17) is 5.73 Å². The minimum atomic E-state index is -0.412. The number of para-hydroxylation sites is 1. The molecule has 3 aromatic carbocycles. The number of hydrogen-bond acceptors (Lipinski definition) is 2. The number of fused-ring (bicyclic) bond motifs is 2. The highest BCUT2D eigenvalue weighted by molar-refractivity contribution is 5.98. The van der Waals surface area contributed by atoms with Gasteiger partial charge >= 0.3 is 0 Å².